The fraction of sp³-hybridized carbons (Fsp3) is 0.273. The van der Waals surface area contributed by atoms with Gasteiger partial charge < -0.3 is 19.4 Å². The van der Waals surface area contributed by atoms with E-state index in [1.807, 2.05) is 31.2 Å². The first-order chi connectivity index (χ1) is 13.6. The van der Waals surface area contributed by atoms with Crippen LogP contribution in [-0.2, 0) is 9.63 Å². The summed E-state index contributed by atoms with van der Waals surface area (Å²) in [5.74, 6) is 0.769. The third-order valence-corrected chi connectivity index (χ3v) is 4.20. The van der Waals surface area contributed by atoms with Gasteiger partial charge in [0.05, 0.1) is 18.8 Å². The van der Waals surface area contributed by atoms with Gasteiger partial charge in [0.2, 0.25) is 0 Å². The molecule has 0 fully saturated rings. The summed E-state index contributed by atoms with van der Waals surface area (Å²) in [6.45, 7) is 5.14. The Hall–Kier alpha value is -3.28. The van der Waals surface area contributed by atoms with Gasteiger partial charge in [0, 0.05) is 17.2 Å². The van der Waals surface area contributed by atoms with Crippen molar-refractivity contribution in [2.24, 2.45) is 5.16 Å². The molecular weight excluding hydrogens is 358 g/mol. The molecule has 0 saturated carbocycles. The molecular formula is C22H23NO5. The van der Waals surface area contributed by atoms with E-state index in [0.717, 1.165) is 24.2 Å². The molecule has 0 aliphatic carbocycles. The van der Waals surface area contributed by atoms with Crippen molar-refractivity contribution in [3.05, 3.63) is 59.2 Å². The average Bonchev–Trinajstić information content (AvgIpc) is 3.05. The third-order valence-electron chi connectivity index (χ3n) is 4.20. The minimum atomic E-state index is -0.563. The Morgan fingerprint density at radius 1 is 1.07 bits per heavy atom. The lowest BCUT2D eigenvalue weighted by atomic mass is 10.00. The Kier molecular flexibility index (Phi) is 6.32. The van der Waals surface area contributed by atoms with E-state index in [9.17, 15) is 9.90 Å². The van der Waals surface area contributed by atoms with Crippen LogP contribution >= 0.6 is 0 Å². The van der Waals surface area contributed by atoms with E-state index < -0.39 is 5.97 Å². The lowest BCUT2D eigenvalue weighted by Crippen LogP contribution is -2.07. The molecule has 1 aliphatic heterocycles. The van der Waals surface area contributed by atoms with Crippen LogP contribution in [-0.4, -0.2) is 30.0 Å². The minimum Gasteiger partial charge on any atom is -0.507 e. The van der Waals surface area contributed by atoms with Crippen molar-refractivity contribution in [1.29, 1.82) is 0 Å². The van der Waals surface area contributed by atoms with Crippen LogP contribution in [0.15, 0.2) is 53.2 Å². The van der Waals surface area contributed by atoms with Crippen LogP contribution in [0, 0.1) is 0 Å². The van der Waals surface area contributed by atoms with Gasteiger partial charge in [0.15, 0.2) is 0 Å². The topological polar surface area (TPSA) is 77.4 Å². The molecule has 0 atom stereocenters. The number of carbonyl (C=O) groups is 1. The van der Waals surface area contributed by atoms with Crippen LogP contribution in [0.1, 0.15) is 37.8 Å². The number of carbonyl (C=O) groups excluding carboxylic acids is 1. The maximum Gasteiger partial charge on any atom is 0.368 e. The molecule has 146 valence electrons. The van der Waals surface area contributed by atoms with E-state index in [4.69, 9.17) is 14.3 Å². The highest BCUT2D eigenvalue weighted by Crippen LogP contribution is 2.28. The number of hydrogen-bond acceptors (Lipinski definition) is 6. The molecule has 0 bridgehead atoms. The van der Waals surface area contributed by atoms with Crippen molar-refractivity contribution in [1.82, 2.24) is 0 Å². The summed E-state index contributed by atoms with van der Waals surface area (Å²) >= 11 is 0. The number of phenolic OH excluding ortho intramolecular Hbond substituents is 1. The normalized spacial score (nSPS) is 14.7. The summed E-state index contributed by atoms with van der Waals surface area (Å²) in [5.41, 5.74) is 1.90. The summed E-state index contributed by atoms with van der Waals surface area (Å²) in [7, 11) is 0. The summed E-state index contributed by atoms with van der Waals surface area (Å²) < 4.78 is 11.0. The Bertz CT molecular complexity index is 900. The minimum absolute atomic E-state index is 0.0113. The molecule has 28 heavy (non-hydrogen) atoms. The van der Waals surface area contributed by atoms with Gasteiger partial charge >= 0.3 is 5.97 Å². The smallest absolute Gasteiger partial charge is 0.368 e. The zero-order chi connectivity index (χ0) is 19.9. The fourth-order valence-electron chi connectivity index (χ4n) is 2.72. The Balaban J connectivity index is 1.82. The van der Waals surface area contributed by atoms with Crippen molar-refractivity contribution in [2.75, 3.05) is 13.2 Å². The molecule has 0 amide bonds. The van der Waals surface area contributed by atoms with Gasteiger partial charge in [-0.1, -0.05) is 18.5 Å². The molecule has 2 aromatic rings. The van der Waals surface area contributed by atoms with Gasteiger partial charge in [-0.05, 0) is 55.8 Å². The molecule has 0 radical (unpaired) electrons. The molecule has 0 saturated heterocycles. The average molecular weight is 381 g/mol. The SMILES string of the molecule is CCCCOc1ccc(C2=NOC(=O)C2=Cc2ccc(OCC)cc2O)cc1. The fourth-order valence-corrected chi connectivity index (χ4v) is 2.72. The first-order valence-electron chi connectivity index (χ1n) is 9.32. The van der Waals surface area contributed by atoms with Gasteiger partial charge in [0.25, 0.3) is 0 Å². The maximum absolute atomic E-state index is 12.1. The van der Waals surface area contributed by atoms with Gasteiger partial charge in [-0.3, -0.25) is 0 Å². The van der Waals surface area contributed by atoms with E-state index in [-0.39, 0.29) is 11.3 Å². The van der Waals surface area contributed by atoms with Crippen molar-refractivity contribution >= 4 is 17.8 Å². The van der Waals surface area contributed by atoms with E-state index >= 15 is 0 Å². The van der Waals surface area contributed by atoms with Crippen molar-refractivity contribution in [2.45, 2.75) is 26.7 Å². The molecule has 2 aromatic carbocycles. The second kappa shape index (κ2) is 9.08. The van der Waals surface area contributed by atoms with Crippen LogP contribution in [0.25, 0.3) is 6.08 Å². The van der Waals surface area contributed by atoms with Gasteiger partial charge in [-0.2, -0.15) is 0 Å². The number of hydrogen-bond donors (Lipinski definition) is 1. The van der Waals surface area contributed by atoms with Crippen molar-refractivity contribution in [3.8, 4) is 17.2 Å². The lowest BCUT2D eigenvalue weighted by Gasteiger charge is -2.07. The number of rotatable bonds is 8. The van der Waals surface area contributed by atoms with Crippen LogP contribution in [0.2, 0.25) is 0 Å². The molecule has 6 nitrogen and oxygen atoms in total. The number of oxime groups is 1. The molecule has 1 heterocycles. The number of phenols is 1. The maximum atomic E-state index is 12.1. The largest absolute Gasteiger partial charge is 0.507 e. The number of nitrogens with zero attached hydrogens (tertiary/aromatic N) is 1. The summed E-state index contributed by atoms with van der Waals surface area (Å²) in [5, 5.41) is 14.1. The molecule has 1 aliphatic rings. The van der Waals surface area contributed by atoms with Crippen molar-refractivity contribution in [3.63, 3.8) is 0 Å². The second-order valence-corrected chi connectivity index (χ2v) is 6.26. The van der Waals surface area contributed by atoms with Crippen LogP contribution in [0.3, 0.4) is 0 Å². The zero-order valence-corrected chi connectivity index (χ0v) is 16.0. The van der Waals surface area contributed by atoms with Crippen LogP contribution in [0.5, 0.6) is 17.2 Å². The molecule has 0 aromatic heterocycles. The Morgan fingerprint density at radius 3 is 2.50 bits per heavy atom. The summed E-state index contributed by atoms with van der Waals surface area (Å²) in [6.07, 6.45) is 3.63. The number of unbranched alkanes of at least 4 members (excludes halogenated alkanes) is 1. The highest BCUT2D eigenvalue weighted by molar-refractivity contribution is 6.31. The first-order valence-corrected chi connectivity index (χ1v) is 9.32. The van der Waals surface area contributed by atoms with E-state index in [1.165, 1.54) is 6.07 Å². The van der Waals surface area contributed by atoms with E-state index in [0.29, 0.717) is 30.2 Å². The molecule has 0 unspecified atom stereocenters. The quantitative estimate of drug-likeness (QED) is 0.419. The molecule has 0 spiro atoms. The summed E-state index contributed by atoms with van der Waals surface area (Å²) in [4.78, 5) is 17.0. The van der Waals surface area contributed by atoms with Gasteiger partial charge in [0.1, 0.15) is 23.0 Å². The second-order valence-electron chi connectivity index (χ2n) is 6.26. The van der Waals surface area contributed by atoms with E-state index in [2.05, 4.69) is 12.1 Å². The van der Waals surface area contributed by atoms with Crippen LogP contribution in [0.4, 0.5) is 0 Å². The van der Waals surface area contributed by atoms with Gasteiger partial charge in [-0.15, -0.1) is 0 Å². The highest BCUT2D eigenvalue weighted by Gasteiger charge is 2.27. The molecule has 3 rings (SSSR count). The molecule has 1 N–H and O–H groups in total. The lowest BCUT2D eigenvalue weighted by molar-refractivity contribution is -0.136. The number of aromatic hydroxyl groups is 1. The third kappa shape index (κ3) is 4.52. The zero-order valence-electron chi connectivity index (χ0n) is 16.0. The number of benzene rings is 2. The Morgan fingerprint density at radius 2 is 1.82 bits per heavy atom. The first kappa shape index (κ1) is 19.5. The highest BCUT2D eigenvalue weighted by atomic mass is 16.7. The standard InChI is InChI=1S/C22H23NO5/c1-3-5-12-27-17-9-6-15(7-10-17)21-19(22(25)28-23-21)13-16-8-11-18(26-4-2)14-20(16)24/h6-11,13-14,24H,3-5,12H2,1-2H3. The summed E-state index contributed by atoms with van der Waals surface area (Å²) in [6, 6.07) is 12.2. The number of ether oxygens (including phenoxy) is 2. The molecule has 6 heteroatoms. The Labute approximate surface area is 164 Å². The monoisotopic (exact) mass is 381 g/mol. The van der Waals surface area contributed by atoms with E-state index in [1.54, 1.807) is 18.2 Å². The van der Waals surface area contributed by atoms with Gasteiger partial charge in [-0.25, -0.2) is 4.79 Å². The predicted molar refractivity (Wildman–Crippen MR) is 107 cm³/mol. The van der Waals surface area contributed by atoms with Crippen molar-refractivity contribution < 1.29 is 24.2 Å². The van der Waals surface area contributed by atoms with Crippen LogP contribution < -0.4 is 9.47 Å². The predicted octanol–water partition coefficient (Wildman–Crippen LogP) is 4.31.